The topological polar surface area (TPSA) is 44.9 Å². The molecular formula is C19H26N2O. The zero-order valence-corrected chi connectivity index (χ0v) is 13.6. The highest BCUT2D eigenvalue weighted by Crippen LogP contribution is 2.29. The lowest BCUT2D eigenvalue weighted by Crippen LogP contribution is -2.43. The van der Waals surface area contributed by atoms with Crippen molar-refractivity contribution in [3.05, 3.63) is 36.0 Å². The first kappa shape index (κ1) is 15.1. The van der Waals surface area contributed by atoms with E-state index in [9.17, 15) is 4.79 Å². The van der Waals surface area contributed by atoms with Gasteiger partial charge >= 0.3 is 0 Å². The maximum absolute atomic E-state index is 12.3. The quantitative estimate of drug-likeness (QED) is 0.879. The third kappa shape index (κ3) is 3.18. The summed E-state index contributed by atoms with van der Waals surface area (Å²) in [6.45, 7) is 4.57. The number of para-hydroxylation sites is 1. The number of benzene rings is 1. The normalized spacial score (nSPS) is 25.3. The van der Waals surface area contributed by atoms with Crippen LogP contribution >= 0.6 is 0 Å². The molecule has 0 spiro atoms. The fourth-order valence-corrected chi connectivity index (χ4v) is 3.65. The van der Waals surface area contributed by atoms with Crippen molar-refractivity contribution < 1.29 is 4.79 Å². The number of carbonyl (C=O) groups excluding carboxylic acids is 1. The Morgan fingerprint density at radius 1 is 1.27 bits per heavy atom. The van der Waals surface area contributed by atoms with Crippen LogP contribution in [0.5, 0.6) is 0 Å². The summed E-state index contributed by atoms with van der Waals surface area (Å²) in [5.41, 5.74) is 2.38. The third-order valence-corrected chi connectivity index (χ3v) is 5.35. The van der Waals surface area contributed by atoms with Crippen LogP contribution in [0.1, 0.15) is 45.1 Å². The highest BCUT2D eigenvalue weighted by atomic mass is 16.1. The predicted molar refractivity (Wildman–Crippen MR) is 90.7 cm³/mol. The van der Waals surface area contributed by atoms with Crippen molar-refractivity contribution in [2.24, 2.45) is 11.8 Å². The average molecular weight is 298 g/mol. The zero-order chi connectivity index (χ0) is 15.5. The molecule has 3 nitrogen and oxygen atoms in total. The number of fused-ring (bicyclic) bond motifs is 1. The first-order valence-corrected chi connectivity index (χ1v) is 8.49. The number of hydrogen-bond donors (Lipinski definition) is 2. The number of amides is 1. The van der Waals surface area contributed by atoms with Gasteiger partial charge in [0.15, 0.2) is 0 Å². The fourth-order valence-electron chi connectivity index (χ4n) is 3.65. The van der Waals surface area contributed by atoms with Crippen molar-refractivity contribution in [3.8, 4) is 0 Å². The van der Waals surface area contributed by atoms with Gasteiger partial charge in [0.1, 0.15) is 0 Å². The summed E-state index contributed by atoms with van der Waals surface area (Å²) in [4.78, 5) is 15.5. The van der Waals surface area contributed by atoms with Crippen LogP contribution < -0.4 is 5.32 Å². The van der Waals surface area contributed by atoms with E-state index in [1.54, 1.807) is 0 Å². The molecule has 2 aromatic rings. The molecule has 0 radical (unpaired) electrons. The Balaban J connectivity index is 1.56. The summed E-state index contributed by atoms with van der Waals surface area (Å²) in [6, 6.07) is 8.62. The van der Waals surface area contributed by atoms with Gasteiger partial charge in [-0.25, -0.2) is 0 Å². The van der Waals surface area contributed by atoms with Crippen molar-refractivity contribution in [1.29, 1.82) is 0 Å². The van der Waals surface area contributed by atoms with Gasteiger partial charge in [0.05, 0.1) is 0 Å². The first-order chi connectivity index (χ1) is 10.6. The molecule has 3 atom stereocenters. The summed E-state index contributed by atoms with van der Waals surface area (Å²) in [5.74, 6) is 1.50. The molecule has 22 heavy (non-hydrogen) atoms. The van der Waals surface area contributed by atoms with Gasteiger partial charge in [-0.05, 0) is 36.3 Å². The minimum Gasteiger partial charge on any atom is -0.361 e. The van der Waals surface area contributed by atoms with Gasteiger partial charge in [-0.3, -0.25) is 4.79 Å². The van der Waals surface area contributed by atoms with E-state index >= 15 is 0 Å². The van der Waals surface area contributed by atoms with Gasteiger partial charge in [-0.15, -0.1) is 0 Å². The Bertz CT molecular complexity index is 646. The van der Waals surface area contributed by atoms with Crippen molar-refractivity contribution in [3.63, 3.8) is 0 Å². The van der Waals surface area contributed by atoms with Crippen molar-refractivity contribution in [2.75, 3.05) is 0 Å². The van der Waals surface area contributed by atoms with Gasteiger partial charge in [0.25, 0.3) is 0 Å². The fraction of sp³-hybridized carbons (Fsp3) is 0.526. The zero-order valence-electron chi connectivity index (χ0n) is 13.6. The summed E-state index contributed by atoms with van der Waals surface area (Å²) < 4.78 is 0. The predicted octanol–water partition coefficient (Wildman–Crippen LogP) is 4.04. The van der Waals surface area contributed by atoms with Crippen LogP contribution in [0.15, 0.2) is 30.5 Å². The van der Waals surface area contributed by atoms with Gasteiger partial charge in [-0.2, -0.15) is 0 Å². The van der Waals surface area contributed by atoms with Crippen LogP contribution in [0.2, 0.25) is 0 Å². The second-order valence-electron chi connectivity index (χ2n) is 6.80. The molecule has 1 aliphatic rings. The Labute approximate surface area is 132 Å². The number of aromatic nitrogens is 1. The maximum atomic E-state index is 12.3. The molecule has 1 saturated carbocycles. The van der Waals surface area contributed by atoms with Crippen LogP contribution in [0, 0.1) is 11.8 Å². The van der Waals surface area contributed by atoms with Crippen LogP contribution in [0.4, 0.5) is 0 Å². The lowest BCUT2D eigenvalue weighted by molar-refractivity contribution is -0.122. The van der Waals surface area contributed by atoms with Gasteiger partial charge < -0.3 is 10.3 Å². The lowest BCUT2D eigenvalue weighted by Gasteiger charge is -2.34. The highest BCUT2D eigenvalue weighted by molar-refractivity contribution is 5.84. The molecule has 118 valence electrons. The van der Waals surface area contributed by atoms with Crippen LogP contribution in [0.25, 0.3) is 10.9 Å². The molecule has 1 aromatic carbocycles. The third-order valence-electron chi connectivity index (χ3n) is 5.35. The molecule has 0 saturated heterocycles. The van der Waals surface area contributed by atoms with E-state index in [0.29, 0.717) is 24.3 Å². The number of rotatable bonds is 4. The SMILES string of the molecule is C[C@@H]1[C@H](C)CCC[C@@H]1NC(=O)CCc1c[nH]c2ccccc12. The molecule has 1 heterocycles. The summed E-state index contributed by atoms with van der Waals surface area (Å²) in [6.07, 6.45) is 7.06. The first-order valence-electron chi connectivity index (χ1n) is 8.49. The number of aromatic amines is 1. The minimum absolute atomic E-state index is 0.191. The van der Waals surface area contributed by atoms with Gasteiger partial charge in [0.2, 0.25) is 5.91 Å². The molecule has 0 bridgehead atoms. The van der Waals surface area contributed by atoms with Crippen LogP contribution in [0.3, 0.4) is 0 Å². The molecule has 1 fully saturated rings. The Morgan fingerprint density at radius 3 is 2.95 bits per heavy atom. The standard InChI is InChI=1S/C19H26N2O/c1-13-6-5-9-17(14(13)2)21-19(22)11-10-15-12-20-18-8-4-3-7-16(15)18/h3-4,7-8,12-14,17,20H,5-6,9-11H2,1-2H3,(H,21,22)/t13-,14-,17+/m1/s1. The Kier molecular flexibility index (Phi) is 4.51. The number of aryl methyl sites for hydroxylation is 1. The van der Waals surface area contributed by atoms with E-state index < -0.39 is 0 Å². The van der Waals surface area contributed by atoms with E-state index in [2.05, 4.69) is 36.3 Å². The number of carbonyl (C=O) groups is 1. The monoisotopic (exact) mass is 298 g/mol. The average Bonchev–Trinajstić information content (AvgIpc) is 2.93. The number of H-pyrrole nitrogens is 1. The Hall–Kier alpha value is -1.77. The van der Waals surface area contributed by atoms with E-state index in [0.717, 1.165) is 18.4 Å². The van der Waals surface area contributed by atoms with E-state index in [-0.39, 0.29) is 5.91 Å². The number of nitrogens with one attached hydrogen (secondary N) is 2. The van der Waals surface area contributed by atoms with Crippen molar-refractivity contribution in [2.45, 2.75) is 52.0 Å². The molecule has 3 heteroatoms. The lowest BCUT2D eigenvalue weighted by atomic mass is 9.78. The molecule has 1 aromatic heterocycles. The smallest absolute Gasteiger partial charge is 0.220 e. The van der Waals surface area contributed by atoms with E-state index in [4.69, 9.17) is 0 Å². The van der Waals surface area contributed by atoms with Crippen molar-refractivity contribution >= 4 is 16.8 Å². The Morgan fingerprint density at radius 2 is 2.09 bits per heavy atom. The minimum atomic E-state index is 0.191. The molecule has 1 amide bonds. The van der Waals surface area contributed by atoms with E-state index in [1.165, 1.54) is 23.8 Å². The van der Waals surface area contributed by atoms with Crippen LogP contribution in [-0.4, -0.2) is 16.9 Å². The molecule has 0 unspecified atom stereocenters. The van der Waals surface area contributed by atoms with E-state index in [1.807, 2.05) is 18.3 Å². The maximum Gasteiger partial charge on any atom is 0.220 e. The highest BCUT2D eigenvalue weighted by Gasteiger charge is 2.27. The number of hydrogen-bond acceptors (Lipinski definition) is 1. The summed E-state index contributed by atoms with van der Waals surface area (Å²) >= 11 is 0. The summed E-state index contributed by atoms with van der Waals surface area (Å²) in [7, 11) is 0. The molecule has 1 aliphatic carbocycles. The van der Waals surface area contributed by atoms with Gasteiger partial charge in [0, 0.05) is 29.6 Å². The second kappa shape index (κ2) is 6.55. The molecule has 0 aliphatic heterocycles. The van der Waals surface area contributed by atoms with Crippen molar-refractivity contribution in [1.82, 2.24) is 10.3 Å². The second-order valence-corrected chi connectivity index (χ2v) is 6.80. The molecule has 3 rings (SSSR count). The molecule has 2 N–H and O–H groups in total. The van der Waals surface area contributed by atoms with Crippen LogP contribution in [-0.2, 0) is 11.2 Å². The van der Waals surface area contributed by atoms with Gasteiger partial charge in [-0.1, -0.05) is 44.9 Å². The molecular weight excluding hydrogens is 272 g/mol. The largest absolute Gasteiger partial charge is 0.361 e. The summed E-state index contributed by atoms with van der Waals surface area (Å²) in [5, 5.41) is 4.49.